The van der Waals surface area contributed by atoms with Crippen LogP contribution in [0.1, 0.15) is 27.7 Å². The molecular weight excluding hydrogens is 272 g/mol. The fourth-order valence-electron chi connectivity index (χ4n) is 1.36. The predicted molar refractivity (Wildman–Crippen MR) is 80.2 cm³/mol. The fourth-order valence-corrected chi connectivity index (χ4v) is 1.36. The molecule has 0 bridgehead atoms. The zero-order chi connectivity index (χ0) is 16.3. The van der Waals surface area contributed by atoms with Gasteiger partial charge in [-0.3, -0.25) is 4.79 Å². The summed E-state index contributed by atoms with van der Waals surface area (Å²) in [7, 11) is 0. The third kappa shape index (κ3) is 4.46. The predicted octanol–water partition coefficient (Wildman–Crippen LogP) is 1.85. The quantitative estimate of drug-likeness (QED) is 0.743. The number of hydrogen-bond acceptors (Lipinski definition) is 4. The molecule has 0 spiro atoms. The summed E-state index contributed by atoms with van der Waals surface area (Å²) in [5.41, 5.74) is 5.21. The summed E-state index contributed by atoms with van der Waals surface area (Å²) in [6.45, 7) is 6.77. The van der Waals surface area contributed by atoms with Gasteiger partial charge in [-0.1, -0.05) is 0 Å². The maximum absolute atomic E-state index is 12.3. The number of carboxylic acid groups (broad SMARTS) is 1. The Bertz CT molecular complexity index is 515. The highest BCUT2D eigenvalue weighted by atomic mass is 16.5. The molecule has 1 aromatic carbocycles. The van der Waals surface area contributed by atoms with E-state index in [9.17, 15) is 9.59 Å². The Hall–Kier alpha value is -2.08. The molecule has 6 nitrogen and oxygen atoms in total. The van der Waals surface area contributed by atoms with Gasteiger partial charge in [0.15, 0.2) is 6.61 Å². The van der Waals surface area contributed by atoms with Crippen molar-refractivity contribution >= 4 is 17.6 Å². The summed E-state index contributed by atoms with van der Waals surface area (Å²) in [6, 6.07) is 6.49. The molecule has 1 amide bonds. The molecule has 0 aliphatic rings. The van der Waals surface area contributed by atoms with Crippen molar-refractivity contribution in [1.29, 1.82) is 0 Å². The number of carbonyl (C=O) groups excluding carboxylic acids is 1. The molecule has 1 rings (SSSR count). The van der Waals surface area contributed by atoms with E-state index >= 15 is 0 Å². The SMILES string of the molecule is CC(C)(N)C(C)(C)C(=O)Nc1ccc(OCC(=O)O)cc1. The molecule has 116 valence electrons. The molecule has 0 aromatic heterocycles. The highest BCUT2D eigenvalue weighted by Crippen LogP contribution is 2.30. The van der Waals surface area contributed by atoms with Crippen molar-refractivity contribution < 1.29 is 19.4 Å². The molecular formula is C15H22N2O4. The fraction of sp³-hybridized carbons (Fsp3) is 0.467. The van der Waals surface area contributed by atoms with Crippen LogP contribution >= 0.6 is 0 Å². The molecule has 1 aromatic rings. The molecule has 0 aliphatic heterocycles. The minimum absolute atomic E-state index is 0.186. The monoisotopic (exact) mass is 294 g/mol. The van der Waals surface area contributed by atoms with E-state index in [-0.39, 0.29) is 5.91 Å². The number of nitrogens with one attached hydrogen (secondary N) is 1. The minimum atomic E-state index is -1.04. The number of rotatable bonds is 6. The van der Waals surface area contributed by atoms with Crippen LogP contribution in [-0.2, 0) is 9.59 Å². The van der Waals surface area contributed by atoms with Crippen LogP contribution in [0.5, 0.6) is 5.75 Å². The standard InChI is InChI=1S/C15H22N2O4/c1-14(2,15(3,4)16)13(20)17-10-5-7-11(8-6-10)21-9-12(18)19/h5-8H,9,16H2,1-4H3,(H,17,20)(H,18,19). The van der Waals surface area contributed by atoms with Gasteiger partial charge in [0, 0.05) is 11.2 Å². The van der Waals surface area contributed by atoms with E-state index in [0.717, 1.165) is 0 Å². The van der Waals surface area contributed by atoms with Gasteiger partial charge in [0.05, 0.1) is 5.41 Å². The average Bonchev–Trinajstić information content (AvgIpc) is 2.36. The number of anilines is 1. The van der Waals surface area contributed by atoms with Gasteiger partial charge in [-0.25, -0.2) is 4.79 Å². The largest absolute Gasteiger partial charge is 0.482 e. The molecule has 0 saturated heterocycles. The molecule has 0 heterocycles. The zero-order valence-electron chi connectivity index (χ0n) is 12.8. The Morgan fingerprint density at radius 2 is 1.71 bits per heavy atom. The van der Waals surface area contributed by atoms with Crippen LogP contribution in [0.3, 0.4) is 0 Å². The van der Waals surface area contributed by atoms with Gasteiger partial charge < -0.3 is 20.9 Å². The van der Waals surface area contributed by atoms with Crippen LogP contribution in [0.2, 0.25) is 0 Å². The summed E-state index contributed by atoms with van der Waals surface area (Å²) >= 11 is 0. The highest BCUT2D eigenvalue weighted by Gasteiger charge is 2.40. The lowest BCUT2D eigenvalue weighted by Gasteiger charge is -2.36. The molecule has 6 heteroatoms. The van der Waals surface area contributed by atoms with E-state index in [1.165, 1.54) is 0 Å². The van der Waals surface area contributed by atoms with E-state index in [4.69, 9.17) is 15.6 Å². The summed E-state index contributed by atoms with van der Waals surface area (Å²) in [5.74, 6) is -0.803. The summed E-state index contributed by atoms with van der Waals surface area (Å²) in [6.07, 6.45) is 0. The molecule has 0 saturated carbocycles. The highest BCUT2D eigenvalue weighted by molar-refractivity contribution is 5.95. The first-order chi connectivity index (χ1) is 9.54. The van der Waals surface area contributed by atoms with Crippen molar-refractivity contribution in [1.82, 2.24) is 0 Å². The van der Waals surface area contributed by atoms with Crippen molar-refractivity contribution in [2.75, 3.05) is 11.9 Å². The molecule has 0 atom stereocenters. The first-order valence-corrected chi connectivity index (χ1v) is 6.59. The van der Waals surface area contributed by atoms with E-state index in [1.54, 1.807) is 52.0 Å². The van der Waals surface area contributed by atoms with Crippen molar-refractivity contribution in [2.24, 2.45) is 11.1 Å². The van der Waals surface area contributed by atoms with Gasteiger partial charge in [-0.05, 0) is 52.0 Å². The topological polar surface area (TPSA) is 102 Å². The molecule has 0 aliphatic carbocycles. The van der Waals surface area contributed by atoms with Crippen molar-refractivity contribution in [3.05, 3.63) is 24.3 Å². The number of ether oxygens (including phenoxy) is 1. The van der Waals surface area contributed by atoms with Crippen LogP contribution in [0, 0.1) is 5.41 Å². The van der Waals surface area contributed by atoms with E-state index in [2.05, 4.69) is 5.32 Å². The van der Waals surface area contributed by atoms with Crippen molar-refractivity contribution in [3.63, 3.8) is 0 Å². The van der Waals surface area contributed by atoms with Gasteiger partial charge >= 0.3 is 5.97 Å². The van der Waals surface area contributed by atoms with Gasteiger partial charge in [-0.2, -0.15) is 0 Å². The van der Waals surface area contributed by atoms with E-state index in [1.807, 2.05) is 0 Å². The Kier molecular flexibility index (Phi) is 4.96. The Balaban J connectivity index is 2.72. The average molecular weight is 294 g/mol. The number of carbonyl (C=O) groups is 2. The van der Waals surface area contributed by atoms with Crippen LogP contribution < -0.4 is 15.8 Å². The maximum atomic E-state index is 12.3. The lowest BCUT2D eigenvalue weighted by Crippen LogP contribution is -2.53. The second kappa shape index (κ2) is 6.13. The third-order valence-electron chi connectivity index (χ3n) is 3.65. The van der Waals surface area contributed by atoms with Gasteiger partial charge in [0.2, 0.25) is 5.91 Å². The smallest absolute Gasteiger partial charge is 0.341 e. The lowest BCUT2D eigenvalue weighted by atomic mass is 9.74. The molecule has 4 N–H and O–H groups in total. The molecule has 0 radical (unpaired) electrons. The van der Waals surface area contributed by atoms with Crippen LogP contribution in [0.15, 0.2) is 24.3 Å². The van der Waals surface area contributed by atoms with Crippen LogP contribution in [-0.4, -0.2) is 29.1 Å². The summed E-state index contributed by atoms with van der Waals surface area (Å²) < 4.78 is 5.02. The van der Waals surface area contributed by atoms with Gasteiger partial charge in [-0.15, -0.1) is 0 Å². The number of benzene rings is 1. The first kappa shape index (κ1) is 17.0. The summed E-state index contributed by atoms with van der Waals surface area (Å²) in [4.78, 5) is 22.7. The second-order valence-electron chi connectivity index (χ2n) is 6.01. The number of hydrogen-bond donors (Lipinski definition) is 3. The van der Waals surface area contributed by atoms with Gasteiger partial charge in [0.1, 0.15) is 5.75 Å². The number of carboxylic acids is 1. The lowest BCUT2D eigenvalue weighted by molar-refractivity contribution is -0.139. The van der Waals surface area contributed by atoms with Crippen molar-refractivity contribution in [2.45, 2.75) is 33.2 Å². The van der Waals surface area contributed by atoms with E-state index in [0.29, 0.717) is 11.4 Å². The summed E-state index contributed by atoms with van der Waals surface area (Å²) in [5, 5.41) is 11.3. The van der Waals surface area contributed by atoms with E-state index < -0.39 is 23.5 Å². The Morgan fingerprint density at radius 3 is 2.14 bits per heavy atom. The Morgan fingerprint density at radius 1 is 1.19 bits per heavy atom. The zero-order valence-corrected chi connectivity index (χ0v) is 12.8. The van der Waals surface area contributed by atoms with Gasteiger partial charge in [0.25, 0.3) is 0 Å². The van der Waals surface area contributed by atoms with Crippen molar-refractivity contribution in [3.8, 4) is 5.75 Å². The Labute approximate surface area is 124 Å². The second-order valence-corrected chi connectivity index (χ2v) is 6.01. The number of aliphatic carboxylic acids is 1. The van der Waals surface area contributed by atoms with Crippen LogP contribution in [0.25, 0.3) is 0 Å². The first-order valence-electron chi connectivity index (χ1n) is 6.59. The number of amides is 1. The number of nitrogens with two attached hydrogens (primary N) is 1. The molecule has 21 heavy (non-hydrogen) atoms. The normalized spacial score (nSPS) is 11.9. The molecule has 0 unspecified atom stereocenters. The maximum Gasteiger partial charge on any atom is 0.341 e. The minimum Gasteiger partial charge on any atom is -0.482 e. The third-order valence-corrected chi connectivity index (χ3v) is 3.65. The van der Waals surface area contributed by atoms with Crippen LogP contribution in [0.4, 0.5) is 5.69 Å². The molecule has 0 fully saturated rings.